The third-order valence-electron chi connectivity index (χ3n) is 3.06. The van der Waals surface area contributed by atoms with Gasteiger partial charge in [-0.2, -0.15) is 0 Å². The number of aliphatic carboxylic acids is 1. The number of carboxylic acid groups (broad SMARTS) is 1. The number of hydrogen-bond donors (Lipinski definition) is 2. The molecule has 0 bridgehead atoms. The number of carbonyl (C=O) groups is 1. The van der Waals surface area contributed by atoms with Gasteiger partial charge in [0, 0.05) is 27.3 Å². The molecule has 1 rings (SSSR count). The minimum absolute atomic E-state index is 0.0645. The maximum absolute atomic E-state index is 10.8. The first-order chi connectivity index (χ1) is 10.1. The summed E-state index contributed by atoms with van der Waals surface area (Å²) in [5.41, 5.74) is 1.86. The highest BCUT2D eigenvalue weighted by Gasteiger charge is 2.11. The summed E-state index contributed by atoms with van der Waals surface area (Å²) in [6, 6.07) is 5.78. The summed E-state index contributed by atoms with van der Waals surface area (Å²) >= 11 is 0. The van der Waals surface area contributed by atoms with Crippen LogP contribution in [0.3, 0.4) is 0 Å². The van der Waals surface area contributed by atoms with E-state index in [1.807, 2.05) is 18.2 Å². The van der Waals surface area contributed by atoms with Crippen molar-refractivity contribution in [2.24, 2.45) is 0 Å². The van der Waals surface area contributed by atoms with Crippen LogP contribution >= 0.6 is 0 Å². The summed E-state index contributed by atoms with van der Waals surface area (Å²) in [7, 11) is 5.01. The molecule has 0 atom stereocenters. The van der Waals surface area contributed by atoms with Crippen LogP contribution in [-0.2, 0) is 16.1 Å². The van der Waals surface area contributed by atoms with E-state index in [0.717, 1.165) is 37.4 Å². The minimum atomic E-state index is -0.872. The number of benzene rings is 1. The third kappa shape index (κ3) is 6.01. The second-order valence-electron chi connectivity index (χ2n) is 4.78. The molecule has 0 spiro atoms. The third-order valence-corrected chi connectivity index (χ3v) is 3.06. The number of hydrogen-bond acceptors (Lipinski definition) is 5. The van der Waals surface area contributed by atoms with E-state index >= 15 is 0 Å². The van der Waals surface area contributed by atoms with Crippen molar-refractivity contribution in [1.29, 1.82) is 0 Å². The Hall–Kier alpha value is -1.79. The topological polar surface area (TPSA) is 71.0 Å². The number of anilines is 1. The van der Waals surface area contributed by atoms with E-state index in [1.54, 1.807) is 26.2 Å². The van der Waals surface area contributed by atoms with Gasteiger partial charge in [0.25, 0.3) is 0 Å². The van der Waals surface area contributed by atoms with Gasteiger partial charge in [0.2, 0.25) is 0 Å². The maximum Gasteiger partial charge on any atom is 0.323 e. The molecule has 0 heterocycles. The predicted molar refractivity (Wildman–Crippen MR) is 82.1 cm³/mol. The molecule has 6 heteroatoms. The molecule has 0 fully saturated rings. The van der Waals surface area contributed by atoms with Gasteiger partial charge in [0.1, 0.15) is 12.3 Å². The van der Waals surface area contributed by atoms with E-state index in [-0.39, 0.29) is 6.54 Å². The maximum atomic E-state index is 10.8. The fourth-order valence-electron chi connectivity index (χ4n) is 2.01. The molecule has 21 heavy (non-hydrogen) atoms. The van der Waals surface area contributed by atoms with Crippen molar-refractivity contribution in [1.82, 2.24) is 5.32 Å². The summed E-state index contributed by atoms with van der Waals surface area (Å²) < 4.78 is 10.3. The number of likely N-dealkylation sites (N-methyl/N-ethyl adjacent to an activating group) is 1. The zero-order chi connectivity index (χ0) is 15.7. The van der Waals surface area contributed by atoms with Crippen molar-refractivity contribution in [2.45, 2.75) is 13.0 Å². The van der Waals surface area contributed by atoms with Crippen molar-refractivity contribution >= 4 is 11.7 Å². The monoisotopic (exact) mass is 296 g/mol. The zero-order valence-corrected chi connectivity index (χ0v) is 12.9. The van der Waals surface area contributed by atoms with Crippen LogP contribution in [-0.4, -0.2) is 52.0 Å². The quantitative estimate of drug-likeness (QED) is 0.635. The summed E-state index contributed by atoms with van der Waals surface area (Å²) in [6.07, 6.45) is 0.965. The van der Waals surface area contributed by atoms with Crippen molar-refractivity contribution in [3.63, 3.8) is 0 Å². The second kappa shape index (κ2) is 9.20. The van der Waals surface area contributed by atoms with Gasteiger partial charge in [-0.3, -0.25) is 4.79 Å². The van der Waals surface area contributed by atoms with Gasteiger partial charge in [0.15, 0.2) is 0 Å². The van der Waals surface area contributed by atoms with Crippen LogP contribution in [0.5, 0.6) is 5.75 Å². The van der Waals surface area contributed by atoms with Gasteiger partial charge in [-0.1, -0.05) is 6.07 Å². The van der Waals surface area contributed by atoms with Crippen molar-refractivity contribution in [3.05, 3.63) is 23.8 Å². The Bertz CT molecular complexity index is 451. The highest BCUT2D eigenvalue weighted by Crippen LogP contribution is 2.28. The van der Waals surface area contributed by atoms with Gasteiger partial charge < -0.3 is 24.8 Å². The van der Waals surface area contributed by atoms with Crippen LogP contribution in [0, 0.1) is 0 Å². The fourth-order valence-corrected chi connectivity index (χ4v) is 2.01. The van der Waals surface area contributed by atoms with Gasteiger partial charge >= 0.3 is 5.97 Å². The van der Waals surface area contributed by atoms with Crippen molar-refractivity contribution in [2.75, 3.05) is 45.9 Å². The van der Waals surface area contributed by atoms with Crippen molar-refractivity contribution < 1.29 is 19.4 Å². The van der Waals surface area contributed by atoms with Crippen molar-refractivity contribution in [3.8, 4) is 5.75 Å². The lowest BCUT2D eigenvalue weighted by molar-refractivity contribution is -0.135. The summed E-state index contributed by atoms with van der Waals surface area (Å²) in [4.78, 5) is 12.4. The molecule has 6 nitrogen and oxygen atoms in total. The fraction of sp³-hybridized carbons (Fsp3) is 0.533. The van der Waals surface area contributed by atoms with Gasteiger partial charge in [0.05, 0.1) is 12.8 Å². The highest BCUT2D eigenvalue weighted by molar-refractivity contribution is 5.75. The summed E-state index contributed by atoms with van der Waals surface area (Å²) in [5.74, 6) is -0.196. The van der Waals surface area contributed by atoms with Crippen LogP contribution < -0.4 is 15.0 Å². The van der Waals surface area contributed by atoms with Crippen LogP contribution in [0.2, 0.25) is 0 Å². The van der Waals surface area contributed by atoms with Crippen LogP contribution in [0.4, 0.5) is 5.69 Å². The number of nitrogens with zero attached hydrogens (tertiary/aromatic N) is 1. The highest BCUT2D eigenvalue weighted by atomic mass is 16.5. The molecule has 0 amide bonds. The van der Waals surface area contributed by atoms with E-state index in [0.29, 0.717) is 5.75 Å². The molecule has 118 valence electrons. The molecule has 1 aromatic rings. The Morgan fingerprint density at radius 1 is 1.38 bits per heavy atom. The van der Waals surface area contributed by atoms with E-state index in [1.165, 1.54) is 0 Å². The SMILES string of the molecule is COCCCNCc1ccc(N(C)CC(=O)O)c(OC)c1. The molecular weight excluding hydrogens is 272 g/mol. The minimum Gasteiger partial charge on any atom is -0.495 e. The molecule has 1 aromatic carbocycles. The van der Waals surface area contributed by atoms with E-state index in [4.69, 9.17) is 14.6 Å². The van der Waals surface area contributed by atoms with Crippen LogP contribution in [0.15, 0.2) is 18.2 Å². The Morgan fingerprint density at radius 2 is 2.14 bits per heavy atom. The average molecular weight is 296 g/mol. The first kappa shape index (κ1) is 17.3. The van der Waals surface area contributed by atoms with E-state index in [2.05, 4.69) is 5.32 Å². The molecule has 0 radical (unpaired) electrons. The molecule has 0 unspecified atom stereocenters. The molecule has 0 aliphatic rings. The molecule has 0 aromatic heterocycles. The van der Waals surface area contributed by atoms with E-state index < -0.39 is 5.97 Å². The molecule has 0 aliphatic heterocycles. The molecule has 0 aliphatic carbocycles. The van der Waals surface area contributed by atoms with E-state index in [9.17, 15) is 4.79 Å². The standard InChI is InChI=1S/C15H24N2O4/c1-17(11-15(18)19)13-6-5-12(9-14(13)21-3)10-16-7-4-8-20-2/h5-6,9,16H,4,7-8,10-11H2,1-3H3,(H,18,19). The Kier molecular flexibility index (Phi) is 7.56. The summed E-state index contributed by atoms with van der Waals surface area (Å²) in [6.45, 7) is 2.31. The summed E-state index contributed by atoms with van der Waals surface area (Å²) in [5, 5.41) is 12.2. The largest absolute Gasteiger partial charge is 0.495 e. The number of methoxy groups -OCH3 is 2. The predicted octanol–water partition coefficient (Wildman–Crippen LogP) is 1.34. The Balaban J connectivity index is 2.63. The molecule has 0 saturated carbocycles. The first-order valence-corrected chi connectivity index (χ1v) is 6.88. The Labute approximate surface area is 125 Å². The first-order valence-electron chi connectivity index (χ1n) is 6.88. The molecule has 2 N–H and O–H groups in total. The number of ether oxygens (including phenoxy) is 2. The lowest BCUT2D eigenvalue weighted by atomic mass is 10.1. The smallest absolute Gasteiger partial charge is 0.323 e. The van der Waals surface area contributed by atoms with Gasteiger partial charge in [-0.15, -0.1) is 0 Å². The molecule has 0 saturated heterocycles. The molecular formula is C15H24N2O4. The van der Waals surface area contributed by atoms with Crippen LogP contribution in [0.25, 0.3) is 0 Å². The second-order valence-corrected chi connectivity index (χ2v) is 4.78. The lowest BCUT2D eigenvalue weighted by Gasteiger charge is -2.20. The number of rotatable bonds is 10. The lowest BCUT2D eigenvalue weighted by Crippen LogP contribution is -2.25. The normalized spacial score (nSPS) is 10.4. The van der Waals surface area contributed by atoms with Gasteiger partial charge in [-0.25, -0.2) is 0 Å². The number of nitrogens with one attached hydrogen (secondary N) is 1. The zero-order valence-electron chi connectivity index (χ0n) is 12.9. The van der Waals surface area contributed by atoms with Crippen LogP contribution in [0.1, 0.15) is 12.0 Å². The van der Waals surface area contributed by atoms with Gasteiger partial charge in [-0.05, 0) is 30.7 Å². The number of carboxylic acids is 1. The Morgan fingerprint density at radius 3 is 2.76 bits per heavy atom. The average Bonchev–Trinajstić information content (AvgIpc) is 2.46.